The minimum atomic E-state index is 0.392. The van der Waals surface area contributed by atoms with Gasteiger partial charge in [0.15, 0.2) is 0 Å². The lowest BCUT2D eigenvalue weighted by atomic mass is 9.79. The van der Waals surface area contributed by atoms with E-state index >= 15 is 0 Å². The van der Waals surface area contributed by atoms with E-state index in [1.165, 1.54) is 24.8 Å². The Hall–Kier alpha value is -1.29. The zero-order chi connectivity index (χ0) is 13.6. The number of carbonyl (C=O) groups is 1. The molecule has 1 aromatic rings. The molecule has 3 aliphatic rings. The zero-order valence-electron chi connectivity index (χ0n) is 11.9. The molecule has 2 saturated heterocycles. The van der Waals surface area contributed by atoms with Gasteiger partial charge in [0.25, 0.3) is 0 Å². The van der Waals surface area contributed by atoms with Gasteiger partial charge in [0.1, 0.15) is 0 Å². The Morgan fingerprint density at radius 3 is 2.90 bits per heavy atom. The van der Waals surface area contributed by atoms with E-state index in [9.17, 15) is 4.79 Å². The molecule has 0 atom stereocenters. The zero-order valence-corrected chi connectivity index (χ0v) is 11.9. The average molecular weight is 274 g/mol. The topological polar surface area (TPSA) is 36.7 Å². The van der Waals surface area contributed by atoms with E-state index in [0.29, 0.717) is 17.2 Å². The molecule has 0 unspecified atom stereocenters. The molecule has 1 amide bonds. The smallest absolute Gasteiger partial charge is 0.222 e. The van der Waals surface area contributed by atoms with Crippen molar-refractivity contribution in [1.82, 2.24) is 9.80 Å². The van der Waals surface area contributed by atoms with Gasteiger partial charge in [0.2, 0.25) is 5.91 Å². The quantitative estimate of drug-likeness (QED) is 0.844. The van der Waals surface area contributed by atoms with Crippen LogP contribution in [0.25, 0.3) is 0 Å². The summed E-state index contributed by atoms with van der Waals surface area (Å²) < 4.78 is 5.13. The minimum absolute atomic E-state index is 0.392. The van der Waals surface area contributed by atoms with Crippen molar-refractivity contribution in [2.75, 3.05) is 26.2 Å². The third-order valence-corrected chi connectivity index (χ3v) is 5.07. The van der Waals surface area contributed by atoms with E-state index in [4.69, 9.17) is 4.42 Å². The number of furan rings is 1. The first-order valence-electron chi connectivity index (χ1n) is 7.74. The van der Waals surface area contributed by atoms with Gasteiger partial charge in [0.05, 0.1) is 12.5 Å². The first kappa shape index (κ1) is 12.5. The fourth-order valence-corrected chi connectivity index (χ4v) is 3.70. The molecule has 2 aliphatic heterocycles. The van der Waals surface area contributed by atoms with Crippen LogP contribution in [-0.4, -0.2) is 41.9 Å². The van der Waals surface area contributed by atoms with Gasteiger partial charge in [-0.15, -0.1) is 0 Å². The van der Waals surface area contributed by atoms with Crippen LogP contribution in [-0.2, 0) is 11.3 Å². The van der Waals surface area contributed by atoms with Crippen LogP contribution >= 0.6 is 0 Å². The van der Waals surface area contributed by atoms with Crippen molar-refractivity contribution in [2.45, 2.75) is 32.2 Å². The van der Waals surface area contributed by atoms with Crippen molar-refractivity contribution in [3.8, 4) is 0 Å². The van der Waals surface area contributed by atoms with Crippen LogP contribution in [0, 0.1) is 11.3 Å². The molecule has 0 N–H and O–H groups in total. The number of amides is 1. The molecule has 108 valence electrons. The third-order valence-electron chi connectivity index (χ3n) is 5.07. The van der Waals surface area contributed by atoms with Crippen molar-refractivity contribution in [3.05, 3.63) is 24.2 Å². The lowest BCUT2D eigenvalue weighted by Gasteiger charge is -2.48. The molecule has 4 heteroatoms. The summed E-state index contributed by atoms with van der Waals surface area (Å²) in [7, 11) is 0. The van der Waals surface area contributed by atoms with Gasteiger partial charge in [-0.2, -0.15) is 0 Å². The summed E-state index contributed by atoms with van der Waals surface area (Å²) in [4.78, 5) is 16.6. The highest BCUT2D eigenvalue weighted by Gasteiger charge is 2.49. The molecule has 20 heavy (non-hydrogen) atoms. The van der Waals surface area contributed by atoms with Crippen LogP contribution in [0.2, 0.25) is 0 Å². The number of hydrogen-bond acceptors (Lipinski definition) is 3. The molecular weight excluding hydrogens is 252 g/mol. The highest BCUT2D eigenvalue weighted by molar-refractivity contribution is 5.77. The first-order chi connectivity index (χ1) is 9.72. The number of nitrogens with zero attached hydrogens (tertiary/aromatic N) is 2. The SMILES string of the molecule is O=C(CC1CC1)N1CC2(CCN(Cc3ccoc3)C2)C1. The molecule has 1 aliphatic carbocycles. The summed E-state index contributed by atoms with van der Waals surface area (Å²) in [6.07, 6.45) is 8.14. The molecule has 3 fully saturated rings. The second-order valence-corrected chi connectivity index (χ2v) is 6.99. The normalized spacial score (nSPS) is 25.1. The molecule has 4 rings (SSSR count). The molecule has 1 aromatic heterocycles. The number of carbonyl (C=O) groups excluding carboxylic acids is 1. The molecule has 1 saturated carbocycles. The summed E-state index contributed by atoms with van der Waals surface area (Å²) in [5.41, 5.74) is 1.64. The molecule has 0 aromatic carbocycles. The Morgan fingerprint density at radius 2 is 2.20 bits per heavy atom. The number of rotatable bonds is 4. The van der Waals surface area contributed by atoms with E-state index in [0.717, 1.165) is 39.1 Å². The van der Waals surface area contributed by atoms with Crippen LogP contribution in [0.4, 0.5) is 0 Å². The molecule has 0 radical (unpaired) electrons. The lowest BCUT2D eigenvalue weighted by Crippen LogP contribution is -2.59. The van der Waals surface area contributed by atoms with Gasteiger partial charge in [0, 0.05) is 43.6 Å². The molecule has 1 spiro atoms. The largest absolute Gasteiger partial charge is 0.472 e. The van der Waals surface area contributed by atoms with Crippen molar-refractivity contribution < 1.29 is 9.21 Å². The summed E-state index contributed by atoms with van der Waals surface area (Å²) in [5, 5.41) is 0. The van der Waals surface area contributed by atoms with Crippen LogP contribution in [0.3, 0.4) is 0 Å². The Balaban J connectivity index is 1.27. The second-order valence-electron chi connectivity index (χ2n) is 6.99. The number of hydrogen-bond donors (Lipinski definition) is 0. The highest BCUT2D eigenvalue weighted by Crippen LogP contribution is 2.41. The van der Waals surface area contributed by atoms with Crippen molar-refractivity contribution >= 4 is 5.91 Å². The van der Waals surface area contributed by atoms with Gasteiger partial charge >= 0.3 is 0 Å². The summed E-state index contributed by atoms with van der Waals surface area (Å²) in [6.45, 7) is 5.23. The lowest BCUT2D eigenvalue weighted by molar-refractivity contribution is -0.143. The van der Waals surface area contributed by atoms with Gasteiger partial charge in [-0.3, -0.25) is 9.69 Å². The maximum Gasteiger partial charge on any atom is 0.222 e. The number of likely N-dealkylation sites (tertiary alicyclic amines) is 2. The van der Waals surface area contributed by atoms with Crippen LogP contribution in [0.15, 0.2) is 23.0 Å². The highest BCUT2D eigenvalue weighted by atomic mass is 16.3. The van der Waals surface area contributed by atoms with Crippen LogP contribution in [0.1, 0.15) is 31.2 Å². The van der Waals surface area contributed by atoms with Crippen molar-refractivity contribution in [2.24, 2.45) is 11.3 Å². The predicted octanol–water partition coefficient (Wildman–Crippen LogP) is 2.11. The van der Waals surface area contributed by atoms with Gasteiger partial charge in [-0.05, 0) is 37.8 Å². The Morgan fingerprint density at radius 1 is 1.35 bits per heavy atom. The summed E-state index contributed by atoms with van der Waals surface area (Å²) in [5.74, 6) is 1.10. The first-order valence-corrected chi connectivity index (χ1v) is 7.74. The standard InChI is InChI=1S/C16H22N2O2/c19-15(7-13-1-2-13)18-11-16(12-18)4-5-17(10-16)8-14-3-6-20-9-14/h3,6,9,13H,1-2,4-5,7-8,10-12H2. The summed E-state index contributed by atoms with van der Waals surface area (Å²) in [6, 6.07) is 2.04. The fraction of sp³-hybridized carbons (Fsp3) is 0.688. The maximum absolute atomic E-state index is 12.1. The monoisotopic (exact) mass is 274 g/mol. The Bertz CT molecular complexity index is 487. The van der Waals surface area contributed by atoms with E-state index < -0.39 is 0 Å². The second kappa shape index (κ2) is 4.62. The minimum Gasteiger partial charge on any atom is -0.472 e. The van der Waals surface area contributed by atoms with Crippen LogP contribution < -0.4 is 0 Å². The van der Waals surface area contributed by atoms with E-state index in [-0.39, 0.29) is 0 Å². The van der Waals surface area contributed by atoms with Crippen LogP contribution in [0.5, 0.6) is 0 Å². The molecule has 0 bridgehead atoms. The average Bonchev–Trinajstić information content (AvgIpc) is 2.91. The van der Waals surface area contributed by atoms with Crippen molar-refractivity contribution in [3.63, 3.8) is 0 Å². The Kier molecular flexibility index (Phi) is 2.88. The maximum atomic E-state index is 12.1. The van der Waals surface area contributed by atoms with E-state index in [1.807, 2.05) is 12.3 Å². The van der Waals surface area contributed by atoms with Gasteiger partial charge in [-0.25, -0.2) is 0 Å². The van der Waals surface area contributed by atoms with Crippen molar-refractivity contribution in [1.29, 1.82) is 0 Å². The van der Waals surface area contributed by atoms with E-state index in [1.54, 1.807) is 6.26 Å². The third kappa shape index (κ3) is 2.37. The molecular formula is C16H22N2O2. The molecule has 4 nitrogen and oxygen atoms in total. The molecule has 3 heterocycles. The van der Waals surface area contributed by atoms with Gasteiger partial charge in [-0.1, -0.05) is 0 Å². The Labute approximate surface area is 119 Å². The predicted molar refractivity (Wildman–Crippen MR) is 75.0 cm³/mol. The fourth-order valence-electron chi connectivity index (χ4n) is 3.70. The van der Waals surface area contributed by atoms with Gasteiger partial charge < -0.3 is 9.32 Å². The summed E-state index contributed by atoms with van der Waals surface area (Å²) >= 11 is 0. The van der Waals surface area contributed by atoms with E-state index in [2.05, 4.69) is 9.80 Å².